The Hall–Kier alpha value is -5.22. The van der Waals surface area contributed by atoms with Crippen LogP contribution in [0, 0.1) is 11.7 Å². The number of benzene rings is 4. The van der Waals surface area contributed by atoms with Gasteiger partial charge in [-0.25, -0.2) is 4.39 Å². The fourth-order valence-electron chi connectivity index (χ4n) is 8.22. The van der Waals surface area contributed by atoms with E-state index in [2.05, 4.69) is 5.32 Å². The molecule has 6 rings (SSSR count). The Bertz CT molecular complexity index is 2230. The average Bonchev–Trinajstić information content (AvgIpc) is 3.31. The minimum Gasteiger partial charge on any atom is -0.508 e. The first kappa shape index (κ1) is 49.2. The Balaban J connectivity index is 1.13. The highest BCUT2D eigenvalue weighted by atomic mass is 19.1. The number of carbonyl (C=O) groups excluding carboxylic acids is 3. The van der Waals surface area contributed by atoms with E-state index < -0.39 is 117 Å². The van der Waals surface area contributed by atoms with Gasteiger partial charge >= 0.3 is 0 Å². The number of aromatic hydroxyl groups is 1. The van der Waals surface area contributed by atoms with Gasteiger partial charge in [0, 0.05) is 24.2 Å². The summed E-state index contributed by atoms with van der Waals surface area (Å²) >= 11 is 0. The summed E-state index contributed by atoms with van der Waals surface area (Å²) in [5.41, 5.74) is 3.88. The first-order chi connectivity index (χ1) is 31.0. The van der Waals surface area contributed by atoms with Crippen molar-refractivity contribution >= 4 is 23.3 Å². The van der Waals surface area contributed by atoms with Gasteiger partial charge in [0.05, 0.1) is 43.8 Å². The number of phenols is 1. The zero-order chi connectivity index (χ0) is 47.1. The smallest absolute Gasteiger partial charge is 0.233 e. The van der Waals surface area contributed by atoms with Gasteiger partial charge in [-0.15, -0.1) is 0 Å². The molecule has 0 bridgehead atoms. The second-order valence-electron chi connectivity index (χ2n) is 16.5. The quantitative estimate of drug-likeness (QED) is 0.0422. The molecule has 12 atom stereocenters. The van der Waals surface area contributed by atoms with Crippen molar-refractivity contribution in [2.45, 2.75) is 99.2 Å². The van der Waals surface area contributed by atoms with Crippen LogP contribution in [0.5, 0.6) is 5.75 Å². The summed E-state index contributed by atoms with van der Waals surface area (Å²) in [6, 6.07) is 23.3. The van der Waals surface area contributed by atoms with Gasteiger partial charge in [-0.05, 0) is 77.4 Å². The molecule has 17 nitrogen and oxygen atoms in total. The van der Waals surface area contributed by atoms with Crippen LogP contribution in [0.4, 0.5) is 10.1 Å². The zero-order valence-electron chi connectivity index (χ0n) is 35.1. The molecule has 2 amide bonds. The number of hydrogen-bond acceptors (Lipinski definition) is 15. The maximum absolute atomic E-state index is 13.9. The number of carbonyl (C=O) groups is 3. The van der Waals surface area contributed by atoms with E-state index in [0.29, 0.717) is 39.1 Å². The van der Waals surface area contributed by atoms with Gasteiger partial charge in [-0.2, -0.15) is 0 Å². The molecule has 1 unspecified atom stereocenters. The Morgan fingerprint density at radius 3 is 2.06 bits per heavy atom. The fraction of sp³-hybridized carbons (Fsp3) is 0.426. The molecular formula is C47H55FN2O15. The van der Waals surface area contributed by atoms with Crippen molar-refractivity contribution in [2.75, 3.05) is 24.7 Å². The van der Waals surface area contributed by atoms with Gasteiger partial charge in [0.1, 0.15) is 66.2 Å². The number of β-lactam (4-membered cyclic amide) rings is 1. The van der Waals surface area contributed by atoms with Gasteiger partial charge in [0.25, 0.3) is 0 Å². The Morgan fingerprint density at radius 1 is 0.785 bits per heavy atom. The minimum atomic E-state index is -1.87. The number of anilines is 1. The molecule has 0 aliphatic carbocycles. The highest BCUT2D eigenvalue weighted by Gasteiger charge is 2.49. The Kier molecular flexibility index (Phi) is 16.5. The Morgan fingerprint density at radius 2 is 1.43 bits per heavy atom. The second kappa shape index (κ2) is 21.8. The van der Waals surface area contributed by atoms with Gasteiger partial charge < -0.3 is 71.1 Å². The fourth-order valence-corrected chi connectivity index (χ4v) is 8.22. The highest BCUT2D eigenvalue weighted by molar-refractivity contribution is 6.03. The number of aliphatic hydroxyl groups is 10. The van der Waals surface area contributed by atoms with Crippen molar-refractivity contribution in [3.8, 4) is 16.9 Å². The molecule has 0 spiro atoms. The molecule has 0 saturated carbocycles. The first-order valence-corrected chi connectivity index (χ1v) is 21.2. The molecule has 2 aliphatic heterocycles. The summed E-state index contributed by atoms with van der Waals surface area (Å²) in [6.45, 7) is -1.95. The van der Waals surface area contributed by atoms with Crippen LogP contribution in [0.2, 0.25) is 0 Å². The van der Waals surface area contributed by atoms with Crippen molar-refractivity contribution in [2.24, 2.45) is 5.92 Å². The van der Waals surface area contributed by atoms with Gasteiger partial charge in [0.2, 0.25) is 11.8 Å². The highest BCUT2D eigenvalue weighted by Crippen LogP contribution is 2.49. The number of aliphatic hydroxyl groups excluding tert-OH is 10. The summed E-state index contributed by atoms with van der Waals surface area (Å²) in [5.74, 6) is -2.66. The molecule has 2 saturated heterocycles. The lowest BCUT2D eigenvalue weighted by Gasteiger charge is -2.48. The third-order valence-corrected chi connectivity index (χ3v) is 12.1. The summed E-state index contributed by atoms with van der Waals surface area (Å²) in [7, 11) is 0. The topological polar surface area (TPSA) is 298 Å². The van der Waals surface area contributed by atoms with Crippen LogP contribution in [0.3, 0.4) is 0 Å². The zero-order valence-corrected chi connectivity index (χ0v) is 35.1. The molecule has 4 aromatic carbocycles. The molecule has 2 aliphatic rings. The standard InChI is InChI=1S/C47H55FN2O15/c48-29-11-8-26(9-12-29)34(54)18-17-33-40(32-16-10-28(19-35(32)55)25-4-6-27(7-5-25)46-45(63)44(62)43(61)38(23-52)65-46)50(47(33)64)30-13-1-24(2-14-30)3-15-31(53)20-39(58)49-21-36(56)41(59)42(60)37(57)22-51/h1-2,4-14,16,19,33-34,36-38,40-46,51-52,54-57,59-63H,3,15,17-18,20-23H2,(H,49,58)/t33-,34+,36+,37-,38-,40-,41-,42-,43-,44+,45-,46?/m1/s1. The van der Waals surface area contributed by atoms with Crippen LogP contribution in [0.1, 0.15) is 66.2 Å². The van der Waals surface area contributed by atoms with E-state index in [0.717, 1.165) is 0 Å². The number of Topliss-reactive ketones (excluding diaryl/α,β-unsaturated/α-hetero) is 1. The van der Waals surface area contributed by atoms with E-state index in [1.807, 2.05) is 0 Å². The number of aryl methyl sites for hydroxylation is 1. The second-order valence-corrected chi connectivity index (χ2v) is 16.5. The predicted molar refractivity (Wildman–Crippen MR) is 229 cm³/mol. The normalized spacial score (nSPS) is 24.4. The van der Waals surface area contributed by atoms with E-state index in [4.69, 9.17) is 9.84 Å². The molecule has 2 fully saturated rings. The summed E-state index contributed by atoms with van der Waals surface area (Å²) < 4.78 is 19.2. The predicted octanol–water partition coefficient (Wildman–Crippen LogP) is 0.375. The van der Waals surface area contributed by atoms with Crippen LogP contribution in [0.25, 0.3) is 11.1 Å². The van der Waals surface area contributed by atoms with E-state index >= 15 is 0 Å². The Labute approximate surface area is 373 Å². The lowest BCUT2D eigenvalue weighted by atomic mass is 9.77. The van der Waals surface area contributed by atoms with E-state index in [-0.39, 0.29) is 37.3 Å². The molecular weight excluding hydrogens is 852 g/mol. The lowest BCUT2D eigenvalue weighted by Crippen LogP contribution is -2.55. The molecule has 65 heavy (non-hydrogen) atoms. The van der Waals surface area contributed by atoms with E-state index in [1.165, 1.54) is 29.2 Å². The number of phenolic OH excluding ortho intramolecular Hbond substituents is 1. The molecule has 2 heterocycles. The number of ether oxygens (including phenoxy) is 1. The molecule has 0 aromatic heterocycles. The van der Waals surface area contributed by atoms with Gasteiger partial charge in [-0.3, -0.25) is 14.4 Å². The largest absolute Gasteiger partial charge is 0.508 e. The summed E-state index contributed by atoms with van der Waals surface area (Å²) in [4.78, 5) is 40.4. The molecule has 350 valence electrons. The number of halogens is 1. The SMILES string of the molecule is O=C(CCc1ccc(N2C(=O)[C@H](CC[C@H](O)c3ccc(F)cc3)[C@H]2c2ccc(-c3ccc(C4O[C@H](CO)[C@@H](O)[C@H](O)[C@H]4O)cc3)cc2O)cc1)CC(=O)NC[C@H](O)[C@@H](O)[C@H](O)[C@H](O)CO. The van der Waals surface area contributed by atoms with Crippen molar-refractivity contribution < 1.29 is 79.7 Å². The summed E-state index contributed by atoms with van der Waals surface area (Å²) in [6.07, 6.45) is -14.6. The van der Waals surface area contributed by atoms with Gasteiger partial charge in [0.15, 0.2) is 0 Å². The van der Waals surface area contributed by atoms with Crippen LogP contribution in [0.15, 0.2) is 91.0 Å². The van der Waals surface area contributed by atoms with E-state index in [9.17, 15) is 69.8 Å². The number of amides is 2. The van der Waals surface area contributed by atoms with Crippen LogP contribution < -0.4 is 10.2 Å². The van der Waals surface area contributed by atoms with Gasteiger partial charge in [-0.1, -0.05) is 60.7 Å². The van der Waals surface area contributed by atoms with Crippen molar-refractivity contribution in [1.29, 1.82) is 0 Å². The van der Waals surface area contributed by atoms with Crippen LogP contribution in [-0.2, 0) is 25.5 Å². The molecule has 0 radical (unpaired) electrons. The minimum absolute atomic E-state index is 0.0280. The number of ketones is 1. The number of nitrogens with zero attached hydrogens (tertiary/aromatic N) is 1. The number of hydrogen-bond donors (Lipinski definition) is 12. The van der Waals surface area contributed by atoms with Crippen LogP contribution in [-0.4, -0.2) is 142 Å². The first-order valence-electron chi connectivity index (χ1n) is 21.2. The van der Waals surface area contributed by atoms with Crippen LogP contribution >= 0.6 is 0 Å². The third-order valence-electron chi connectivity index (χ3n) is 12.1. The summed E-state index contributed by atoms with van der Waals surface area (Å²) in [5, 5.41) is 113. The number of nitrogens with one attached hydrogen (secondary N) is 1. The molecule has 4 aromatic rings. The average molecular weight is 907 g/mol. The maximum Gasteiger partial charge on any atom is 0.233 e. The number of rotatable bonds is 20. The lowest BCUT2D eigenvalue weighted by molar-refractivity contribution is -0.231. The van der Waals surface area contributed by atoms with Crippen molar-refractivity contribution in [1.82, 2.24) is 5.32 Å². The molecule has 18 heteroatoms. The van der Waals surface area contributed by atoms with Crippen molar-refractivity contribution in [3.63, 3.8) is 0 Å². The van der Waals surface area contributed by atoms with E-state index in [1.54, 1.807) is 66.7 Å². The van der Waals surface area contributed by atoms with Crippen molar-refractivity contribution in [3.05, 3.63) is 119 Å². The monoisotopic (exact) mass is 906 g/mol. The third kappa shape index (κ3) is 11.4. The maximum atomic E-state index is 13.9. The molecule has 12 N–H and O–H groups in total.